The van der Waals surface area contributed by atoms with Crippen LogP contribution < -0.4 is 16.0 Å². The first-order valence-electron chi connectivity index (χ1n) is 15.5. The summed E-state index contributed by atoms with van der Waals surface area (Å²) in [7, 11) is 0. The molecule has 1 fully saturated rings. The molecule has 2 aliphatic rings. The van der Waals surface area contributed by atoms with Crippen molar-refractivity contribution in [2.24, 2.45) is 11.8 Å². The number of carbonyl (C=O) groups is 5. The Morgan fingerprint density at radius 1 is 0.978 bits per heavy atom. The lowest BCUT2D eigenvalue weighted by molar-refractivity contribution is -0.142. The Hall–Kier alpha value is -4.59. The zero-order valence-electron chi connectivity index (χ0n) is 26.2. The van der Waals surface area contributed by atoms with Crippen LogP contribution in [-0.4, -0.2) is 82.0 Å². The number of hydrogen-bond acceptors (Lipinski definition) is 9. The minimum atomic E-state index is -0.691. The number of piperidine rings is 1. The molecule has 3 N–H and O–H groups in total. The van der Waals surface area contributed by atoms with E-state index >= 15 is 0 Å². The molecule has 0 unspecified atom stereocenters. The van der Waals surface area contributed by atoms with Crippen LogP contribution in [0, 0.1) is 11.8 Å². The van der Waals surface area contributed by atoms with Gasteiger partial charge in [0.25, 0.3) is 11.8 Å². The van der Waals surface area contributed by atoms with E-state index in [1.54, 1.807) is 10.3 Å². The van der Waals surface area contributed by atoms with Crippen LogP contribution in [0.15, 0.2) is 46.4 Å². The van der Waals surface area contributed by atoms with Crippen molar-refractivity contribution in [1.82, 2.24) is 35.7 Å². The molecule has 2 aromatic heterocycles. The van der Waals surface area contributed by atoms with Crippen molar-refractivity contribution in [3.8, 4) is 0 Å². The highest BCUT2D eigenvalue weighted by Crippen LogP contribution is 2.27. The lowest BCUT2D eigenvalue weighted by Crippen LogP contribution is -2.49. The van der Waals surface area contributed by atoms with Gasteiger partial charge in [0.05, 0.1) is 12.6 Å². The summed E-state index contributed by atoms with van der Waals surface area (Å²) in [6.45, 7) is 6.27. The van der Waals surface area contributed by atoms with Crippen molar-refractivity contribution in [1.29, 1.82) is 0 Å². The predicted molar refractivity (Wildman–Crippen MR) is 169 cm³/mol. The molecule has 4 heterocycles. The number of oxazole rings is 1. The summed E-state index contributed by atoms with van der Waals surface area (Å²) in [5.41, 5.74) is 1.13. The van der Waals surface area contributed by atoms with Crippen LogP contribution in [0.3, 0.4) is 0 Å². The van der Waals surface area contributed by atoms with E-state index < -0.39 is 23.9 Å². The summed E-state index contributed by atoms with van der Waals surface area (Å²) >= 11 is 1.27. The molecule has 0 radical (unpaired) electrons. The second-order valence-corrected chi connectivity index (χ2v) is 12.8. The maximum Gasteiger partial charge on any atom is 0.273 e. The van der Waals surface area contributed by atoms with Crippen molar-refractivity contribution < 1.29 is 28.4 Å². The summed E-state index contributed by atoms with van der Waals surface area (Å²) in [5.74, 6) is -1.83. The Morgan fingerprint density at radius 3 is 2.41 bits per heavy atom. The van der Waals surface area contributed by atoms with Crippen molar-refractivity contribution in [2.75, 3.05) is 32.7 Å². The fourth-order valence-electron chi connectivity index (χ4n) is 5.64. The molecule has 13 nitrogen and oxygen atoms in total. The molecule has 3 aromatic rings. The molecule has 1 saturated heterocycles. The Bertz CT molecular complexity index is 1560. The maximum atomic E-state index is 13.7. The molecule has 244 valence electrons. The Kier molecular flexibility index (Phi) is 10.5. The summed E-state index contributed by atoms with van der Waals surface area (Å²) in [6.07, 6.45) is 2.58. The third kappa shape index (κ3) is 7.97. The molecule has 1 aromatic carbocycles. The maximum absolute atomic E-state index is 13.7. The molecule has 0 aliphatic carbocycles. The van der Waals surface area contributed by atoms with Gasteiger partial charge in [-0.15, -0.1) is 11.3 Å². The van der Waals surface area contributed by atoms with E-state index in [1.807, 2.05) is 44.2 Å². The van der Waals surface area contributed by atoms with Gasteiger partial charge in [-0.3, -0.25) is 24.0 Å². The van der Waals surface area contributed by atoms with E-state index in [2.05, 4.69) is 25.9 Å². The van der Waals surface area contributed by atoms with Gasteiger partial charge in [0, 0.05) is 50.8 Å². The molecular weight excluding hydrogens is 610 g/mol. The third-order valence-corrected chi connectivity index (χ3v) is 9.18. The molecule has 2 atom stereocenters. The number of carbonyl (C=O) groups excluding carboxylic acids is 5. The first-order valence-corrected chi connectivity index (χ1v) is 16.3. The molecule has 2 aliphatic heterocycles. The van der Waals surface area contributed by atoms with Crippen LogP contribution in [0.2, 0.25) is 0 Å². The Balaban J connectivity index is 1.42. The average molecular weight is 650 g/mol. The number of rotatable bonds is 4. The van der Waals surface area contributed by atoms with Crippen LogP contribution in [-0.2, 0) is 20.8 Å². The number of nitrogens with zero attached hydrogens (tertiary/aromatic N) is 4. The summed E-state index contributed by atoms with van der Waals surface area (Å²) in [4.78, 5) is 77.5. The fourth-order valence-corrected chi connectivity index (χ4v) is 6.66. The zero-order valence-corrected chi connectivity index (χ0v) is 27.0. The van der Waals surface area contributed by atoms with E-state index in [-0.39, 0.29) is 66.5 Å². The lowest BCUT2D eigenvalue weighted by Gasteiger charge is -2.34. The van der Waals surface area contributed by atoms with Gasteiger partial charge in [0.15, 0.2) is 5.69 Å². The molecule has 46 heavy (non-hydrogen) atoms. The smallest absolute Gasteiger partial charge is 0.273 e. The van der Waals surface area contributed by atoms with Crippen LogP contribution in [0.25, 0.3) is 0 Å². The van der Waals surface area contributed by atoms with Gasteiger partial charge in [-0.2, -0.15) is 0 Å². The highest BCUT2D eigenvalue weighted by atomic mass is 32.1. The second-order valence-electron chi connectivity index (χ2n) is 11.9. The molecular formula is C32H39N7O6S. The second kappa shape index (κ2) is 14.7. The predicted octanol–water partition coefficient (Wildman–Crippen LogP) is 2.49. The molecule has 5 rings (SSSR count). The number of hydrogen-bond donors (Lipinski definition) is 3. The summed E-state index contributed by atoms with van der Waals surface area (Å²) < 4.78 is 5.70. The minimum absolute atomic E-state index is 0.0198. The van der Waals surface area contributed by atoms with Gasteiger partial charge in [-0.25, -0.2) is 9.97 Å². The molecule has 5 amide bonds. The first kappa shape index (κ1) is 32.8. The molecule has 0 spiro atoms. The summed E-state index contributed by atoms with van der Waals surface area (Å²) in [5, 5.41) is 10.9. The SMILES string of the molecule is CC(=O)N1CCC(C(=O)N2CCNC(=O)c3coc(n3)[C@H](Cc3ccccc3)NC(=O)c3csc(n3)[C@H](C(C)C)NC(=O)C2)CC1. The molecule has 0 saturated carbocycles. The standard InChI is InChI=1S/C32H39N7O6S/c1-19(2)27-31-36-25(18-46-31)29(43)34-23(15-21-7-5-4-6-8-21)30-35-24(17-45-30)28(42)33-11-14-39(16-26(41)37-27)32(44)22-9-12-38(13-10-22)20(3)40/h4-8,17-19,22-23,27H,9-16H2,1-3H3,(H,33,42)(H,34,43)(H,37,41)/t23-,27-/m0/s1. The van der Waals surface area contributed by atoms with Gasteiger partial charge in [-0.05, 0) is 24.3 Å². The van der Waals surface area contributed by atoms with E-state index in [1.165, 1.54) is 29.4 Å². The van der Waals surface area contributed by atoms with Crippen LogP contribution in [0.1, 0.15) is 83.1 Å². The number of thiazole rings is 1. The fraction of sp³-hybridized carbons (Fsp3) is 0.469. The number of benzene rings is 1. The number of aromatic nitrogens is 2. The third-order valence-electron chi connectivity index (χ3n) is 8.25. The van der Waals surface area contributed by atoms with Crippen LogP contribution in [0.5, 0.6) is 0 Å². The largest absolute Gasteiger partial charge is 0.446 e. The van der Waals surface area contributed by atoms with Crippen molar-refractivity contribution in [3.05, 3.63) is 69.8 Å². The summed E-state index contributed by atoms with van der Waals surface area (Å²) in [6, 6.07) is 8.33. The molecule has 14 heteroatoms. The van der Waals surface area contributed by atoms with Crippen molar-refractivity contribution in [2.45, 2.75) is 52.1 Å². The Labute approximate surface area is 271 Å². The highest BCUT2D eigenvalue weighted by molar-refractivity contribution is 7.09. The number of amides is 5. The lowest BCUT2D eigenvalue weighted by atomic mass is 9.95. The normalized spacial score (nSPS) is 20.4. The number of fused-ring (bicyclic) bond motifs is 4. The number of likely N-dealkylation sites (tertiary alicyclic amines) is 1. The van der Waals surface area contributed by atoms with Gasteiger partial charge in [-0.1, -0.05) is 44.2 Å². The van der Waals surface area contributed by atoms with Crippen molar-refractivity contribution in [3.63, 3.8) is 0 Å². The van der Waals surface area contributed by atoms with E-state index in [4.69, 9.17) is 4.42 Å². The first-order chi connectivity index (χ1) is 22.1. The number of nitrogens with one attached hydrogen (secondary N) is 3. The van der Waals surface area contributed by atoms with E-state index in [0.29, 0.717) is 37.4 Å². The molecule has 4 bridgehead atoms. The highest BCUT2D eigenvalue weighted by Gasteiger charge is 2.32. The Morgan fingerprint density at radius 2 is 1.72 bits per heavy atom. The van der Waals surface area contributed by atoms with Gasteiger partial charge < -0.3 is 30.2 Å². The van der Waals surface area contributed by atoms with Crippen molar-refractivity contribution >= 4 is 40.9 Å². The minimum Gasteiger partial charge on any atom is -0.446 e. The zero-order chi connectivity index (χ0) is 32.8. The average Bonchev–Trinajstić information content (AvgIpc) is 3.74. The monoisotopic (exact) mass is 649 g/mol. The van der Waals surface area contributed by atoms with E-state index in [9.17, 15) is 24.0 Å². The van der Waals surface area contributed by atoms with Crippen LogP contribution >= 0.6 is 11.3 Å². The van der Waals surface area contributed by atoms with Gasteiger partial charge >= 0.3 is 0 Å². The van der Waals surface area contributed by atoms with Gasteiger partial charge in [0.2, 0.25) is 23.6 Å². The quantitative estimate of drug-likeness (QED) is 0.388. The van der Waals surface area contributed by atoms with E-state index in [0.717, 1.165) is 5.56 Å². The van der Waals surface area contributed by atoms with Gasteiger partial charge in [0.1, 0.15) is 23.0 Å². The topological polar surface area (TPSA) is 167 Å². The van der Waals surface area contributed by atoms with Crippen LogP contribution in [0.4, 0.5) is 0 Å².